The van der Waals surface area contributed by atoms with Crippen LogP contribution in [0.25, 0.3) is 0 Å². The van der Waals surface area contributed by atoms with Crippen molar-refractivity contribution in [1.29, 1.82) is 0 Å². The zero-order chi connectivity index (χ0) is 20.4. The highest BCUT2D eigenvalue weighted by Gasteiger charge is 2.22. The topological polar surface area (TPSA) is 87.4 Å². The highest BCUT2D eigenvalue weighted by Crippen LogP contribution is 2.33. The molecule has 0 unspecified atom stereocenters. The molecule has 0 aliphatic heterocycles. The Morgan fingerprint density at radius 3 is 2.22 bits per heavy atom. The summed E-state index contributed by atoms with van der Waals surface area (Å²) in [5.41, 5.74) is 1.33. The van der Waals surface area contributed by atoms with Crippen LogP contribution in [0, 0.1) is 5.82 Å². The van der Waals surface area contributed by atoms with Gasteiger partial charge in [0.25, 0.3) is 5.22 Å². The third kappa shape index (κ3) is 5.46. The second-order valence-corrected chi connectivity index (χ2v) is 8.24. The first-order chi connectivity index (χ1) is 12.5. The number of hydrogen-bond acceptors (Lipinski definition) is 5. The first-order valence-electron chi connectivity index (χ1n) is 8.74. The van der Waals surface area contributed by atoms with Crippen LogP contribution in [0.5, 0.6) is 0 Å². The molecule has 0 radical (unpaired) electrons. The number of amides is 2. The molecule has 27 heavy (non-hydrogen) atoms. The molecular formula is C19H26FN3O3S. The minimum atomic E-state index is -1.13. The highest BCUT2D eigenvalue weighted by molar-refractivity contribution is 7.97. The van der Waals surface area contributed by atoms with Crippen molar-refractivity contribution in [2.75, 3.05) is 5.32 Å². The van der Waals surface area contributed by atoms with Crippen LogP contribution in [-0.2, 0) is 5.60 Å². The Labute approximate surface area is 163 Å². The van der Waals surface area contributed by atoms with E-state index in [4.69, 9.17) is 4.42 Å². The van der Waals surface area contributed by atoms with Crippen LogP contribution < -0.4 is 10.0 Å². The molecular weight excluding hydrogens is 369 g/mol. The van der Waals surface area contributed by atoms with Gasteiger partial charge < -0.3 is 14.8 Å². The van der Waals surface area contributed by atoms with Gasteiger partial charge in [-0.15, -0.1) is 0 Å². The molecule has 0 atom stereocenters. The number of urea groups is 1. The fraction of sp³-hybridized carbons (Fsp3) is 0.474. The lowest BCUT2D eigenvalue weighted by molar-refractivity contribution is 0.0736. The number of rotatable bonds is 6. The van der Waals surface area contributed by atoms with Crippen LogP contribution in [0.4, 0.5) is 14.9 Å². The zero-order valence-electron chi connectivity index (χ0n) is 16.4. The molecule has 0 fully saturated rings. The van der Waals surface area contributed by atoms with Gasteiger partial charge in [0, 0.05) is 17.6 Å². The van der Waals surface area contributed by atoms with Crippen LogP contribution >= 0.6 is 11.9 Å². The van der Waals surface area contributed by atoms with E-state index in [1.807, 2.05) is 27.7 Å². The van der Waals surface area contributed by atoms with Crippen molar-refractivity contribution in [2.45, 2.75) is 64.2 Å². The Hall–Kier alpha value is -2.06. The van der Waals surface area contributed by atoms with Gasteiger partial charge in [0.05, 0.1) is 0 Å². The summed E-state index contributed by atoms with van der Waals surface area (Å²) in [6, 6.07) is 2.42. The first kappa shape index (κ1) is 21.2. The number of nitrogens with zero attached hydrogens (tertiary/aromatic N) is 1. The number of carbonyl (C=O) groups is 1. The van der Waals surface area contributed by atoms with Crippen LogP contribution in [-0.4, -0.2) is 16.1 Å². The van der Waals surface area contributed by atoms with Crippen LogP contribution in [0.15, 0.2) is 28.0 Å². The molecule has 6 nitrogen and oxygen atoms in total. The number of carbonyl (C=O) groups excluding carboxylic acids is 1. The molecule has 2 aromatic rings. The Bertz CT molecular complexity index is 784. The summed E-state index contributed by atoms with van der Waals surface area (Å²) in [6.07, 6.45) is 1.34. The Kier molecular flexibility index (Phi) is 6.54. The van der Waals surface area contributed by atoms with Gasteiger partial charge in [-0.1, -0.05) is 27.7 Å². The van der Waals surface area contributed by atoms with Crippen LogP contribution in [0.3, 0.4) is 0 Å². The average molecular weight is 396 g/mol. The lowest BCUT2D eigenvalue weighted by Crippen LogP contribution is -2.25. The number of anilines is 1. The van der Waals surface area contributed by atoms with E-state index in [1.54, 1.807) is 13.8 Å². The quantitative estimate of drug-likeness (QED) is 0.591. The maximum absolute atomic E-state index is 14.0. The van der Waals surface area contributed by atoms with Gasteiger partial charge in [-0.05, 0) is 48.9 Å². The molecule has 0 bridgehead atoms. The van der Waals surface area contributed by atoms with Gasteiger partial charge in [0.2, 0.25) is 0 Å². The zero-order valence-corrected chi connectivity index (χ0v) is 17.2. The minimum Gasteiger partial charge on any atom is -0.438 e. The standard InChI is InChI=1S/C19H26FN3O3S/c1-10(2)13-7-12(20)8-14(11(3)4)16(13)22-17(24)23-27-18-21-15(9-26-18)19(5,6)25/h7-11,25H,1-6H3,(H2,22,23,24). The third-order valence-electron chi connectivity index (χ3n) is 3.99. The molecule has 0 aliphatic rings. The molecule has 2 rings (SSSR count). The Morgan fingerprint density at radius 1 is 1.22 bits per heavy atom. The molecule has 1 aromatic heterocycles. The summed E-state index contributed by atoms with van der Waals surface area (Å²) in [5, 5.41) is 12.9. The molecule has 0 spiro atoms. The summed E-state index contributed by atoms with van der Waals surface area (Å²) < 4.78 is 21.8. The minimum absolute atomic E-state index is 0.0437. The van der Waals surface area contributed by atoms with Crippen molar-refractivity contribution in [1.82, 2.24) is 9.71 Å². The molecule has 3 N–H and O–H groups in total. The van der Waals surface area contributed by atoms with Gasteiger partial charge >= 0.3 is 6.03 Å². The molecule has 2 amide bonds. The number of benzene rings is 1. The van der Waals surface area contributed by atoms with E-state index in [1.165, 1.54) is 18.4 Å². The van der Waals surface area contributed by atoms with Gasteiger partial charge in [-0.3, -0.25) is 4.72 Å². The molecule has 1 aromatic carbocycles. The molecule has 0 aliphatic carbocycles. The summed E-state index contributed by atoms with van der Waals surface area (Å²) >= 11 is 0.891. The van der Waals surface area contributed by atoms with E-state index >= 15 is 0 Å². The summed E-state index contributed by atoms with van der Waals surface area (Å²) in [6.45, 7) is 11.0. The number of hydrogen-bond donors (Lipinski definition) is 3. The van der Waals surface area contributed by atoms with Gasteiger partial charge in [0.1, 0.15) is 23.4 Å². The van der Waals surface area contributed by atoms with Crippen LogP contribution in [0.1, 0.15) is 70.2 Å². The fourth-order valence-corrected chi connectivity index (χ4v) is 2.99. The van der Waals surface area contributed by atoms with E-state index in [0.717, 1.165) is 23.1 Å². The molecule has 1 heterocycles. The molecule has 148 valence electrons. The second kappa shape index (κ2) is 8.31. The number of nitrogens with one attached hydrogen (secondary N) is 2. The van der Waals surface area contributed by atoms with E-state index < -0.39 is 11.6 Å². The maximum Gasteiger partial charge on any atom is 0.329 e. The monoisotopic (exact) mass is 395 g/mol. The van der Waals surface area contributed by atoms with Gasteiger partial charge in [0.15, 0.2) is 0 Å². The Balaban J connectivity index is 2.14. The highest BCUT2D eigenvalue weighted by atomic mass is 32.2. The molecule has 0 saturated carbocycles. The van der Waals surface area contributed by atoms with Crippen molar-refractivity contribution in [3.63, 3.8) is 0 Å². The predicted octanol–water partition coefficient (Wildman–Crippen LogP) is 5.12. The van der Waals surface area contributed by atoms with Gasteiger partial charge in [-0.25, -0.2) is 14.2 Å². The van der Waals surface area contributed by atoms with E-state index in [0.29, 0.717) is 11.4 Å². The summed E-state index contributed by atoms with van der Waals surface area (Å²) in [7, 11) is 0. The van der Waals surface area contributed by atoms with Crippen molar-refractivity contribution >= 4 is 23.7 Å². The average Bonchev–Trinajstić information content (AvgIpc) is 3.03. The van der Waals surface area contributed by atoms with Gasteiger partial charge in [-0.2, -0.15) is 0 Å². The summed E-state index contributed by atoms with van der Waals surface area (Å²) in [5.74, 6) is -0.230. The normalized spacial score (nSPS) is 11.9. The van der Waals surface area contributed by atoms with E-state index in [-0.39, 0.29) is 22.9 Å². The number of aromatic nitrogens is 1. The van der Waals surface area contributed by atoms with Crippen LogP contribution in [0.2, 0.25) is 0 Å². The smallest absolute Gasteiger partial charge is 0.329 e. The molecule has 8 heteroatoms. The van der Waals surface area contributed by atoms with E-state index in [9.17, 15) is 14.3 Å². The van der Waals surface area contributed by atoms with Crippen molar-refractivity contribution in [3.8, 4) is 0 Å². The summed E-state index contributed by atoms with van der Waals surface area (Å²) in [4.78, 5) is 16.5. The second-order valence-electron chi connectivity index (χ2n) is 7.48. The largest absolute Gasteiger partial charge is 0.438 e. The number of aliphatic hydroxyl groups is 1. The first-order valence-corrected chi connectivity index (χ1v) is 9.56. The Morgan fingerprint density at radius 2 is 1.78 bits per heavy atom. The van der Waals surface area contributed by atoms with E-state index in [2.05, 4.69) is 15.0 Å². The lowest BCUT2D eigenvalue weighted by Gasteiger charge is -2.20. The predicted molar refractivity (Wildman–Crippen MR) is 104 cm³/mol. The number of halogens is 1. The van der Waals surface area contributed by atoms with Crippen molar-refractivity contribution < 1.29 is 18.7 Å². The SMILES string of the molecule is CC(C)c1cc(F)cc(C(C)C)c1NC(=O)NSc1nc(C(C)(C)O)co1. The van der Waals surface area contributed by atoms with Crippen molar-refractivity contribution in [3.05, 3.63) is 41.0 Å². The lowest BCUT2D eigenvalue weighted by atomic mass is 9.92. The van der Waals surface area contributed by atoms with Crippen molar-refractivity contribution in [2.24, 2.45) is 0 Å². The third-order valence-corrected chi connectivity index (χ3v) is 4.64. The molecule has 0 saturated heterocycles. The maximum atomic E-state index is 14.0. The number of oxazole rings is 1. The fourth-order valence-electron chi connectivity index (χ4n) is 2.52.